The van der Waals surface area contributed by atoms with E-state index in [1.54, 1.807) is 18.2 Å². The molecule has 0 saturated carbocycles. The minimum Gasteiger partial charge on any atom is -0.434 e. The highest BCUT2D eigenvalue weighted by Gasteiger charge is 2.43. The van der Waals surface area contributed by atoms with Crippen molar-refractivity contribution in [1.82, 2.24) is 0 Å². The van der Waals surface area contributed by atoms with Crippen LogP contribution in [0.3, 0.4) is 0 Å². The molecule has 1 aromatic rings. The molecule has 0 radical (unpaired) electrons. The number of benzene rings is 1. The van der Waals surface area contributed by atoms with Crippen LogP contribution in [0.1, 0.15) is 12.5 Å². The van der Waals surface area contributed by atoms with Gasteiger partial charge in [0.05, 0.1) is 6.61 Å². The predicted molar refractivity (Wildman–Crippen MR) is 46.4 cm³/mol. The summed E-state index contributed by atoms with van der Waals surface area (Å²) in [5.74, 6) is 0.197. The quantitative estimate of drug-likeness (QED) is 0.699. The van der Waals surface area contributed by atoms with Crippen LogP contribution in [0.15, 0.2) is 24.3 Å². The number of ether oxygens (including phenoxy) is 2. The first-order valence-corrected chi connectivity index (χ1v) is 4.30. The zero-order valence-electron chi connectivity index (χ0n) is 7.67. The minimum atomic E-state index is -2.79. The molecule has 0 amide bonds. The molecule has 0 aromatic heterocycles. The topological polar surface area (TPSA) is 21.8 Å². The van der Waals surface area contributed by atoms with Crippen LogP contribution >= 0.6 is 0 Å². The number of alkyl halides is 2. The van der Waals surface area contributed by atoms with E-state index >= 15 is 0 Å². The van der Waals surface area contributed by atoms with E-state index in [0.717, 1.165) is 0 Å². The van der Waals surface area contributed by atoms with E-state index in [1.165, 1.54) is 6.07 Å². The number of epoxide rings is 1. The second-order valence-corrected chi connectivity index (χ2v) is 3.39. The fourth-order valence-electron chi connectivity index (χ4n) is 1.37. The number of hydrogen-bond acceptors (Lipinski definition) is 2. The number of hydrogen-bond donors (Lipinski definition) is 0. The third-order valence-corrected chi connectivity index (χ3v) is 2.25. The Kier molecular flexibility index (Phi) is 2.15. The van der Waals surface area contributed by atoms with E-state index in [4.69, 9.17) is 4.74 Å². The van der Waals surface area contributed by atoms with Crippen LogP contribution in [-0.4, -0.2) is 13.2 Å². The van der Waals surface area contributed by atoms with Crippen molar-refractivity contribution in [3.63, 3.8) is 0 Å². The highest BCUT2D eigenvalue weighted by molar-refractivity contribution is 5.39. The van der Waals surface area contributed by atoms with Gasteiger partial charge in [-0.05, 0) is 13.0 Å². The molecule has 76 valence electrons. The molecule has 1 atom stereocenters. The van der Waals surface area contributed by atoms with E-state index in [0.29, 0.717) is 12.2 Å². The molecule has 1 heterocycles. The second-order valence-electron chi connectivity index (χ2n) is 3.39. The molecule has 1 saturated heterocycles. The van der Waals surface area contributed by atoms with Crippen molar-refractivity contribution in [2.75, 3.05) is 6.61 Å². The molecule has 1 fully saturated rings. The SMILES string of the molecule is CC1(c2ccccc2OC(F)F)CO1. The molecule has 1 aliphatic heterocycles. The van der Waals surface area contributed by atoms with Gasteiger partial charge in [-0.2, -0.15) is 8.78 Å². The zero-order chi connectivity index (χ0) is 10.2. The highest BCUT2D eigenvalue weighted by atomic mass is 19.3. The van der Waals surface area contributed by atoms with Gasteiger partial charge in [-0.3, -0.25) is 0 Å². The van der Waals surface area contributed by atoms with Crippen LogP contribution in [0.25, 0.3) is 0 Å². The summed E-state index contributed by atoms with van der Waals surface area (Å²) in [4.78, 5) is 0. The lowest BCUT2D eigenvalue weighted by atomic mass is 10.0. The van der Waals surface area contributed by atoms with E-state index in [-0.39, 0.29) is 5.75 Å². The first-order chi connectivity index (χ1) is 6.62. The van der Waals surface area contributed by atoms with E-state index < -0.39 is 12.2 Å². The lowest BCUT2D eigenvalue weighted by molar-refractivity contribution is -0.0509. The van der Waals surface area contributed by atoms with E-state index in [9.17, 15) is 8.78 Å². The molecular formula is C10H10F2O2. The summed E-state index contributed by atoms with van der Waals surface area (Å²) in [7, 11) is 0. The van der Waals surface area contributed by atoms with Gasteiger partial charge in [0.2, 0.25) is 0 Å². The summed E-state index contributed by atoms with van der Waals surface area (Å²) in [6.45, 7) is -0.393. The average molecular weight is 200 g/mol. The van der Waals surface area contributed by atoms with Gasteiger partial charge in [0.1, 0.15) is 11.4 Å². The third kappa shape index (κ3) is 1.70. The van der Waals surface area contributed by atoms with E-state index in [2.05, 4.69) is 4.74 Å². The van der Waals surface area contributed by atoms with Gasteiger partial charge in [0.25, 0.3) is 0 Å². The van der Waals surface area contributed by atoms with Crippen molar-refractivity contribution in [3.05, 3.63) is 29.8 Å². The molecule has 0 N–H and O–H groups in total. The van der Waals surface area contributed by atoms with Crippen molar-refractivity contribution in [1.29, 1.82) is 0 Å². The molecule has 2 rings (SSSR count). The summed E-state index contributed by atoms with van der Waals surface area (Å²) < 4.78 is 33.7. The molecule has 0 bridgehead atoms. The molecule has 14 heavy (non-hydrogen) atoms. The van der Waals surface area contributed by atoms with E-state index in [1.807, 2.05) is 6.92 Å². The summed E-state index contributed by atoms with van der Waals surface area (Å²) in [5, 5.41) is 0. The van der Waals surface area contributed by atoms with Crippen LogP contribution in [0.2, 0.25) is 0 Å². The molecule has 4 heteroatoms. The maximum Gasteiger partial charge on any atom is 0.387 e. The lowest BCUT2D eigenvalue weighted by Gasteiger charge is -2.12. The standard InChI is InChI=1S/C10H10F2O2/c1-10(6-13-10)7-4-2-3-5-8(7)14-9(11)12/h2-5,9H,6H2,1H3. The Labute approximate surface area is 80.4 Å². The van der Waals surface area contributed by atoms with Crippen molar-refractivity contribution in [3.8, 4) is 5.75 Å². The Morgan fingerprint density at radius 2 is 2.07 bits per heavy atom. The summed E-state index contributed by atoms with van der Waals surface area (Å²) in [5.41, 5.74) is 0.242. The fraction of sp³-hybridized carbons (Fsp3) is 0.400. The molecule has 0 spiro atoms. The number of rotatable bonds is 3. The van der Waals surface area contributed by atoms with Gasteiger partial charge in [-0.15, -0.1) is 0 Å². The van der Waals surface area contributed by atoms with Gasteiger partial charge >= 0.3 is 6.61 Å². The molecule has 1 aromatic carbocycles. The lowest BCUT2D eigenvalue weighted by Crippen LogP contribution is -2.09. The predicted octanol–water partition coefficient (Wildman–Crippen LogP) is 2.53. The second kappa shape index (κ2) is 3.20. The normalized spacial score (nSPS) is 25.1. The van der Waals surface area contributed by atoms with Crippen LogP contribution < -0.4 is 4.74 Å². The summed E-state index contributed by atoms with van der Waals surface area (Å²) >= 11 is 0. The first kappa shape index (κ1) is 9.40. The van der Waals surface area contributed by atoms with Crippen LogP contribution in [-0.2, 0) is 10.3 Å². The maximum absolute atomic E-state index is 12.0. The smallest absolute Gasteiger partial charge is 0.387 e. The van der Waals surface area contributed by atoms with Crippen molar-refractivity contribution >= 4 is 0 Å². The van der Waals surface area contributed by atoms with Gasteiger partial charge in [-0.25, -0.2) is 0 Å². The summed E-state index contributed by atoms with van der Waals surface area (Å²) in [6, 6.07) is 6.70. The molecule has 1 unspecified atom stereocenters. The third-order valence-electron chi connectivity index (χ3n) is 2.25. The monoisotopic (exact) mass is 200 g/mol. The Bertz CT molecular complexity index is 335. The van der Waals surface area contributed by atoms with Crippen molar-refractivity contribution in [2.45, 2.75) is 19.1 Å². The molecule has 0 aliphatic carbocycles. The van der Waals surface area contributed by atoms with Gasteiger partial charge < -0.3 is 9.47 Å². The highest BCUT2D eigenvalue weighted by Crippen LogP contribution is 2.42. The number of halogens is 2. The largest absolute Gasteiger partial charge is 0.434 e. The van der Waals surface area contributed by atoms with Gasteiger partial charge in [0.15, 0.2) is 0 Å². The van der Waals surface area contributed by atoms with Crippen LogP contribution in [0.5, 0.6) is 5.75 Å². The van der Waals surface area contributed by atoms with Crippen molar-refractivity contribution in [2.24, 2.45) is 0 Å². The van der Waals surface area contributed by atoms with Gasteiger partial charge in [-0.1, -0.05) is 18.2 Å². The fourth-order valence-corrected chi connectivity index (χ4v) is 1.37. The molecule has 2 nitrogen and oxygen atoms in total. The Morgan fingerprint density at radius 3 is 2.64 bits per heavy atom. The van der Waals surface area contributed by atoms with Crippen LogP contribution in [0, 0.1) is 0 Å². The van der Waals surface area contributed by atoms with Crippen molar-refractivity contribution < 1.29 is 18.3 Å². The first-order valence-electron chi connectivity index (χ1n) is 4.30. The molecular weight excluding hydrogens is 190 g/mol. The van der Waals surface area contributed by atoms with Crippen LogP contribution in [0.4, 0.5) is 8.78 Å². The number of para-hydroxylation sites is 1. The Balaban J connectivity index is 2.29. The summed E-state index contributed by atoms with van der Waals surface area (Å²) in [6.07, 6.45) is 0. The minimum absolute atomic E-state index is 0.197. The maximum atomic E-state index is 12.0. The Morgan fingerprint density at radius 1 is 1.43 bits per heavy atom. The average Bonchev–Trinajstić information content (AvgIpc) is 2.84. The molecule has 1 aliphatic rings. The van der Waals surface area contributed by atoms with Gasteiger partial charge in [0, 0.05) is 5.56 Å². The Hall–Kier alpha value is -1.16. The zero-order valence-corrected chi connectivity index (χ0v) is 7.67.